The molecule has 0 atom stereocenters. The molecular formula is C17H11NO. The molecule has 0 aliphatic rings. The number of hydrogen-bond donors (Lipinski definition) is 1. The van der Waals surface area contributed by atoms with Crippen molar-refractivity contribution in [3.8, 4) is 0 Å². The van der Waals surface area contributed by atoms with Crippen LogP contribution >= 0.6 is 0 Å². The number of fused-ring (bicyclic) bond motifs is 5. The van der Waals surface area contributed by atoms with Gasteiger partial charge in [0.15, 0.2) is 5.43 Å². The molecule has 3 aromatic carbocycles. The van der Waals surface area contributed by atoms with Gasteiger partial charge >= 0.3 is 0 Å². The summed E-state index contributed by atoms with van der Waals surface area (Å²) < 4.78 is 0. The monoisotopic (exact) mass is 245 g/mol. The molecule has 1 aromatic heterocycles. The Labute approximate surface area is 109 Å². The lowest BCUT2D eigenvalue weighted by Gasteiger charge is -2.06. The number of rotatable bonds is 0. The Balaban J connectivity index is 2.36. The molecule has 0 bridgehead atoms. The van der Waals surface area contributed by atoms with E-state index in [0.29, 0.717) is 0 Å². The van der Waals surface area contributed by atoms with Crippen molar-refractivity contribution >= 4 is 32.4 Å². The van der Waals surface area contributed by atoms with E-state index in [-0.39, 0.29) is 5.43 Å². The normalized spacial score (nSPS) is 11.4. The minimum atomic E-state index is 0.0645. The van der Waals surface area contributed by atoms with Crippen LogP contribution in [0, 0.1) is 0 Å². The number of pyridine rings is 1. The molecule has 0 fully saturated rings. The predicted octanol–water partition coefficient (Wildman–Crippen LogP) is 3.83. The standard InChI is InChI=1S/C17H11NO/c19-15-7-3-5-11-8-9-14-13-6-2-1-4-12(13)10-18-17(14)16(11)15/h1-10,18H. The highest BCUT2D eigenvalue weighted by Gasteiger charge is 2.06. The summed E-state index contributed by atoms with van der Waals surface area (Å²) in [5.74, 6) is 0. The Morgan fingerprint density at radius 3 is 2.53 bits per heavy atom. The third kappa shape index (κ3) is 1.40. The van der Waals surface area contributed by atoms with Crippen LogP contribution in [-0.4, -0.2) is 4.98 Å². The van der Waals surface area contributed by atoms with Crippen molar-refractivity contribution in [1.29, 1.82) is 0 Å². The molecular weight excluding hydrogens is 234 g/mol. The van der Waals surface area contributed by atoms with Gasteiger partial charge in [-0.2, -0.15) is 0 Å². The molecule has 4 rings (SSSR count). The van der Waals surface area contributed by atoms with Crippen LogP contribution in [-0.2, 0) is 0 Å². The van der Waals surface area contributed by atoms with Gasteiger partial charge in [0.1, 0.15) is 0 Å². The summed E-state index contributed by atoms with van der Waals surface area (Å²) in [6.45, 7) is 0. The van der Waals surface area contributed by atoms with Gasteiger partial charge in [0.2, 0.25) is 0 Å². The predicted molar refractivity (Wildman–Crippen MR) is 79.6 cm³/mol. The maximum absolute atomic E-state index is 12.1. The summed E-state index contributed by atoms with van der Waals surface area (Å²) in [6.07, 6.45) is 1.96. The van der Waals surface area contributed by atoms with Gasteiger partial charge in [0.05, 0.1) is 10.9 Å². The van der Waals surface area contributed by atoms with Crippen LogP contribution in [0.1, 0.15) is 0 Å². The van der Waals surface area contributed by atoms with Gasteiger partial charge in [-0.1, -0.05) is 48.5 Å². The molecule has 0 aliphatic carbocycles. The maximum Gasteiger partial charge on any atom is 0.188 e. The molecule has 0 aliphatic heterocycles. The molecule has 1 heterocycles. The minimum absolute atomic E-state index is 0.0645. The highest BCUT2D eigenvalue weighted by molar-refractivity contribution is 6.14. The summed E-state index contributed by atoms with van der Waals surface area (Å²) in [5.41, 5.74) is 0.983. The summed E-state index contributed by atoms with van der Waals surface area (Å²) in [7, 11) is 0. The number of aromatic nitrogens is 1. The molecule has 0 saturated heterocycles. The lowest BCUT2D eigenvalue weighted by Crippen LogP contribution is -1.99. The van der Waals surface area contributed by atoms with Gasteiger partial charge in [-0.15, -0.1) is 0 Å². The van der Waals surface area contributed by atoms with Gasteiger partial charge < -0.3 is 4.98 Å². The molecule has 2 heteroatoms. The molecule has 2 nitrogen and oxygen atoms in total. The van der Waals surface area contributed by atoms with E-state index in [2.05, 4.69) is 23.2 Å². The van der Waals surface area contributed by atoms with E-state index in [1.807, 2.05) is 30.5 Å². The van der Waals surface area contributed by atoms with Crippen molar-refractivity contribution in [2.45, 2.75) is 0 Å². The zero-order valence-corrected chi connectivity index (χ0v) is 10.2. The third-order valence-corrected chi connectivity index (χ3v) is 3.63. The van der Waals surface area contributed by atoms with Crippen LogP contribution in [0.5, 0.6) is 0 Å². The summed E-state index contributed by atoms with van der Waals surface area (Å²) in [4.78, 5) is 15.4. The number of benzene rings is 3. The number of hydrogen-bond acceptors (Lipinski definition) is 1. The summed E-state index contributed by atoms with van der Waals surface area (Å²) in [5, 5.41) is 5.16. The molecule has 4 aromatic rings. The first-order valence-corrected chi connectivity index (χ1v) is 6.26. The lowest BCUT2D eigenvalue weighted by atomic mass is 10.0. The first-order valence-electron chi connectivity index (χ1n) is 6.26. The van der Waals surface area contributed by atoms with Gasteiger partial charge in [0, 0.05) is 11.6 Å². The fraction of sp³-hybridized carbons (Fsp3) is 0. The summed E-state index contributed by atoms with van der Waals surface area (Å²) >= 11 is 0. The topological polar surface area (TPSA) is 32.9 Å². The Bertz CT molecular complexity index is 982. The van der Waals surface area contributed by atoms with Crippen LogP contribution < -0.4 is 5.43 Å². The van der Waals surface area contributed by atoms with E-state index in [1.165, 1.54) is 5.39 Å². The Hall–Kier alpha value is -2.61. The highest BCUT2D eigenvalue weighted by Crippen LogP contribution is 2.27. The molecule has 90 valence electrons. The van der Waals surface area contributed by atoms with Crippen LogP contribution in [0.2, 0.25) is 0 Å². The fourth-order valence-corrected chi connectivity index (χ4v) is 2.74. The third-order valence-electron chi connectivity index (χ3n) is 3.63. The molecule has 1 N–H and O–H groups in total. The second-order valence-electron chi connectivity index (χ2n) is 4.72. The van der Waals surface area contributed by atoms with Crippen molar-refractivity contribution in [1.82, 2.24) is 4.98 Å². The molecule has 0 unspecified atom stereocenters. The minimum Gasteiger partial charge on any atom is -0.360 e. The van der Waals surface area contributed by atoms with Gasteiger partial charge in [0.25, 0.3) is 0 Å². The Morgan fingerprint density at radius 2 is 1.58 bits per heavy atom. The van der Waals surface area contributed by atoms with Crippen LogP contribution in [0.15, 0.2) is 65.6 Å². The molecule has 0 spiro atoms. The Kier molecular flexibility index (Phi) is 2.00. The smallest absolute Gasteiger partial charge is 0.188 e. The van der Waals surface area contributed by atoms with Crippen LogP contribution in [0.25, 0.3) is 32.4 Å². The number of nitrogens with one attached hydrogen (secondary N) is 1. The highest BCUT2D eigenvalue weighted by atomic mass is 16.1. The first-order chi connectivity index (χ1) is 9.34. The molecule has 0 saturated carbocycles. The van der Waals surface area contributed by atoms with E-state index in [1.54, 1.807) is 12.1 Å². The number of aromatic amines is 1. The van der Waals surface area contributed by atoms with E-state index in [9.17, 15) is 4.79 Å². The largest absolute Gasteiger partial charge is 0.360 e. The SMILES string of the molecule is O=c1cccc2ccc3c4ccccc4c[nH]c3c12. The summed E-state index contributed by atoms with van der Waals surface area (Å²) in [6, 6.07) is 17.7. The zero-order valence-electron chi connectivity index (χ0n) is 10.2. The van der Waals surface area contributed by atoms with Gasteiger partial charge in [-0.25, -0.2) is 0 Å². The average Bonchev–Trinajstić information content (AvgIpc) is 2.46. The first kappa shape index (κ1) is 10.3. The van der Waals surface area contributed by atoms with Gasteiger partial charge in [-0.05, 0) is 22.2 Å². The number of H-pyrrole nitrogens is 1. The van der Waals surface area contributed by atoms with E-state index in [0.717, 1.165) is 27.1 Å². The lowest BCUT2D eigenvalue weighted by molar-refractivity contribution is 1.45. The second kappa shape index (κ2) is 3.69. The molecule has 0 radical (unpaired) electrons. The van der Waals surface area contributed by atoms with Crippen LogP contribution in [0.3, 0.4) is 0 Å². The second-order valence-corrected chi connectivity index (χ2v) is 4.72. The van der Waals surface area contributed by atoms with Crippen LogP contribution in [0.4, 0.5) is 0 Å². The van der Waals surface area contributed by atoms with Crippen molar-refractivity contribution in [3.05, 3.63) is 71.0 Å². The van der Waals surface area contributed by atoms with E-state index >= 15 is 0 Å². The zero-order chi connectivity index (χ0) is 12.8. The van der Waals surface area contributed by atoms with Crippen molar-refractivity contribution in [2.75, 3.05) is 0 Å². The van der Waals surface area contributed by atoms with Crippen molar-refractivity contribution < 1.29 is 0 Å². The van der Waals surface area contributed by atoms with Crippen molar-refractivity contribution in [3.63, 3.8) is 0 Å². The van der Waals surface area contributed by atoms with Crippen molar-refractivity contribution in [2.24, 2.45) is 0 Å². The maximum atomic E-state index is 12.1. The quantitative estimate of drug-likeness (QED) is 0.469. The average molecular weight is 245 g/mol. The Morgan fingerprint density at radius 1 is 0.737 bits per heavy atom. The molecule has 0 amide bonds. The van der Waals surface area contributed by atoms with E-state index in [4.69, 9.17) is 0 Å². The molecule has 19 heavy (non-hydrogen) atoms. The van der Waals surface area contributed by atoms with E-state index < -0.39 is 0 Å². The fourth-order valence-electron chi connectivity index (χ4n) is 2.74. The van der Waals surface area contributed by atoms with Gasteiger partial charge in [-0.3, -0.25) is 4.79 Å².